The van der Waals surface area contributed by atoms with E-state index in [-0.39, 0.29) is 6.04 Å². The first-order chi connectivity index (χ1) is 7.09. The van der Waals surface area contributed by atoms with Gasteiger partial charge in [-0.15, -0.1) is 0 Å². The molecule has 2 rings (SSSR count). The number of aliphatic hydroxyl groups is 1. The minimum Gasteiger partial charge on any atom is -0.389 e. The highest BCUT2D eigenvalue weighted by Gasteiger charge is 2.36. The number of rotatable bonds is 3. The molecule has 0 spiro atoms. The maximum absolute atomic E-state index is 10.2. The van der Waals surface area contributed by atoms with E-state index in [4.69, 9.17) is 5.73 Å². The van der Waals surface area contributed by atoms with Gasteiger partial charge in [-0.25, -0.2) is 0 Å². The Morgan fingerprint density at radius 1 is 1.53 bits per heavy atom. The predicted molar refractivity (Wildman–Crippen MR) is 60.4 cm³/mol. The lowest BCUT2D eigenvalue weighted by molar-refractivity contribution is 0.0381. The zero-order valence-electron chi connectivity index (χ0n) is 9.58. The Kier molecular flexibility index (Phi) is 3.30. The Labute approximate surface area is 91.8 Å². The van der Waals surface area contributed by atoms with E-state index in [0.717, 1.165) is 25.8 Å². The Hall–Kier alpha value is -0.160. The van der Waals surface area contributed by atoms with Gasteiger partial charge in [0.1, 0.15) is 0 Å². The third-order valence-electron chi connectivity index (χ3n) is 3.81. The summed E-state index contributed by atoms with van der Waals surface area (Å²) in [4.78, 5) is 2.32. The first-order valence-electron chi connectivity index (χ1n) is 6.01. The van der Waals surface area contributed by atoms with Crippen LogP contribution in [0.15, 0.2) is 0 Å². The van der Waals surface area contributed by atoms with Crippen LogP contribution in [0.4, 0.5) is 0 Å². The van der Waals surface area contributed by atoms with E-state index in [9.17, 15) is 5.11 Å². The number of likely N-dealkylation sites (tertiary alicyclic amines) is 1. The van der Waals surface area contributed by atoms with Gasteiger partial charge < -0.3 is 10.8 Å². The molecule has 0 amide bonds. The number of hydrogen-bond acceptors (Lipinski definition) is 4. The van der Waals surface area contributed by atoms with Gasteiger partial charge in [-0.05, 0) is 45.7 Å². The van der Waals surface area contributed by atoms with Crippen molar-refractivity contribution in [1.82, 2.24) is 10.2 Å². The average Bonchev–Trinajstić information content (AvgIpc) is 2.71. The topological polar surface area (TPSA) is 61.5 Å². The summed E-state index contributed by atoms with van der Waals surface area (Å²) in [6.45, 7) is 1.85. The normalized spacial score (nSPS) is 42.6. The molecule has 88 valence electrons. The van der Waals surface area contributed by atoms with Crippen molar-refractivity contribution in [1.29, 1.82) is 0 Å². The van der Waals surface area contributed by atoms with Crippen molar-refractivity contribution in [2.45, 2.75) is 49.9 Å². The van der Waals surface area contributed by atoms with Crippen molar-refractivity contribution < 1.29 is 5.11 Å². The second-order valence-corrected chi connectivity index (χ2v) is 5.25. The number of nitrogens with two attached hydrogens (primary N) is 1. The van der Waals surface area contributed by atoms with E-state index in [2.05, 4.69) is 17.3 Å². The van der Waals surface area contributed by atoms with Crippen molar-refractivity contribution in [3.63, 3.8) is 0 Å². The maximum atomic E-state index is 10.2. The summed E-state index contributed by atoms with van der Waals surface area (Å²) >= 11 is 0. The smallest absolute Gasteiger partial charge is 0.0787 e. The van der Waals surface area contributed by atoms with Gasteiger partial charge >= 0.3 is 0 Å². The van der Waals surface area contributed by atoms with E-state index in [1.54, 1.807) is 0 Å². The van der Waals surface area contributed by atoms with Gasteiger partial charge in [0.2, 0.25) is 0 Å². The quantitative estimate of drug-likeness (QED) is 0.611. The van der Waals surface area contributed by atoms with Crippen LogP contribution in [0.25, 0.3) is 0 Å². The Balaban J connectivity index is 1.77. The van der Waals surface area contributed by atoms with Gasteiger partial charge in [-0.3, -0.25) is 10.2 Å². The van der Waals surface area contributed by atoms with Crippen molar-refractivity contribution in [3.05, 3.63) is 0 Å². The summed E-state index contributed by atoms with van der Waals surface area (Å²) < 4.78 is 0. The molecule has 2 fully saturated rings. The molecule has 3 unspecified atom stereocenters. The van der Waals surface area contributed by atoms with E-state index >= 15 is 0 Å². The van der Waals surface area contributed by atoms with Crippen LogP contribution in [0.5, 0.6) is 0 Å². The molecule has 2 aliphatic rings. The highest BCUT2D eigenvalue weighted by atomic mass is 16.3. The highest BCUT2D eigenvalue weighted by Crippen LogP contribution is 2.28. The van der Waals surface area contributed by atoms with Crippen LogP contribution in [-0.2, 0) is 0 Å². The van der Waals surface area contributed by atoms with Crippen LogP contribution < -0.4 is 11.1 Å². The molecule has 4 heteroatoms. The molecule has 1 aliphatic heterocycles. The molecule has 0 bridgehead atoms. The van der Waals surface area contributed by atoms with Gasteiger partial charge in [0, 0.05) is 12.6 Å². The van der Waals surface area contributed by atoms with Crippen LogP contribution in [0, 0.1) is 0 Å². The molecule has 4 N–H and O–H groups in total. The van der Waals surface area contributed by atoms with Crippen molar-refractivity contribution in [2.24, 2.45) is 5.73 Å². The van der Waals surface area contributed by atoms with Crippen LogP contribution in [-0.4, -0.2) is 48.0 Å². The van der Waals surface area contributed by atoms with Crippen molar-refractivity contribution >= 4 is 0 Å². The lowest BCUT2D eigenvalue weighted by Gasteiger charge is -2.28. The average molecular weight is 213 g/mol. The molecule has 1 saturated heterocycles. The lowest BCUT2D eigenvalue weighted by Crippen LogP contribution is -2.47. The zero-order valence-corrected chi connectivity index (χ0v) is 9.58. The van der Waals surface area contributed by atoms with Crippen LogP contribution in [0.3, 0.4) is 0 Å². The maximum Gasteiger partial charge on any atom is 0.0787 e. The molecule has 0 aromatic rings. The van der Waals surface area contributed by atoms with Gasteiger partial charge in [0.15, 0.2) is 0 Å². The van der Waals surface area contributed by atoms with E-state index in [1.165, 1.54) is 12.8 Å². The minimum atomic E-state index is -0.553. The van der Waals surface area contributed by atoms with Crippen molar-refractivity contribution in [2.75, 3.05) is 20.1 Å². The summed E-state index contributed by atoms with van der Waals surface area (Å²) in [5.74, 6) is 0. The first-order valence-corrected chi connectivity index (χ1v) is 6.01. The molecular weight excluding hydrogens is 190 g/mol. The predicted octanol–water partition coefficient (Wildman–Crippen LogP) is -0.130. The van der Waals surface area contributed by atoms with Crippen molar-refractivity contribution in [3.8, 4) is 0 Å². The Morgan fingerprint density at radius 2 is 2.33 bits per heavy atom. The molecule has 0 aromatic carbocycles. The molecule has 15 heavy (non-hydrogen) atoms. The number of nitrogens with one attached hydrogen (secondary N) is 1. The fourth-order valence-corrected chi connectivity index (χ4v) is 2.78. The summed E-state index contributed by atoms with van der Waals surface area (Å²) in [6.07, 6.45) is 5.45. The van der Waals surface area contributed by atoms with Gasteiger partial charge in [-0.1, -0.05) is 0 Å². The third kappa shape index (κ3) is 2.69. The standard InChI is InChI=1S/C11H23N3O/c1-14-6-2-3-10(14)13-8-11(15)5-4-9(12)7-11/h9-10,13,15H,2-8,12H2,1H3. The van der Waals surface area contributed by atoms with Gasteiger partial charge in [-0.2, -0.15) is 0 Å². The first kappa shape index (κ1) is 11.3. The molecule has 1 saturated carbocycles. The molecule has 1 heterocycles. The Bertz CT molecular complexity index is 224. The number of nitrogens with zero attached hydrogens (tertiary/aromatic N) is 1. The molecule has 0 aromatic heterocycles. The largest absolute Gasteiger partial charge is 0.389 e. The molecule has 0 radical (unpaired) electrons. The number of hydrogen-bond donors (Lipinski definition) is 3. The molecule has 4 nitrogen and oxygen atoms in total. The zero-order chi connectivity index (χ0) is 10.9. The van der Waals surface area contributed by atoms with Crippen LogP contribution in [0.1, 0.15) is 32.1 Å². The summed E-state index contributed by atoms with van der Waals surface area (Å²) in [6, 6.07) is 0.193. The summed E-state index contributed by atoms with van der Waals surface area (Å²) in [5, 5.41) is 13.7. The van der Waals surface area contributed by atoms with E-state index in [0.29, 0.717) is 12.7 Å². The monoisotopic (exact) mass is 213 g/mol. The van der Waals surface area contributed by atoms with Crippen LogP contribution >= 0.6 is 0 Å². The Morgan fingerprint density at radius 3 is 2.87 bits per heavy atom. The van der Waals surface area contributed by atoms with Gasteiger partial charge in [0.05, 0.1) is 11.8 Å². The molecule has 1 aliphatic carbocycles. The highest BCUT2D eigenvalue weighted by molar-refractivity contribution is 4.93. The van der Waals surface area contributed by atoms with Gasteiger partial charge in [0.25, 0.3) is 0 Å². The molecular formula is C11H23N3O. The minimum absolute atomic E-state index is 0.193. The SMILES string of the molecule is CN1CCCC1NCC1(O)CCC(N)C1. The second-order valence-electron chi connectivity index (χ2n) is 5.25. The molecule has 3 atom stereocenters. The summed E-state index contributed by atoms with van der Waals surface area (Å²) in [7, 11) is 2.13. The second kappa shape index (κ2) is 4.37. The summed E-state index contributed by atoms with van der Waals surface area (Å²) in [5.41, 5.74) is 5.27. The fraction of sp³-hybridized carbons (Fsp3) is 1.00. The van der Waals surface area contributed by atoms with Crippen LogP contribution in [0.2, 0.25) is 0 Å². The van der Waals surface area contributed by atoms with E-state index in [1.807, 2.05) is 0 Å². The third-order valence-corrected chi connectivity index (χ3v) is 3.81. The fourth-order valence-electron chi connectivity index (χ4n) is 2.78. The van der Waals surface area contributed by atoms with E-state index < -0.39 is 5.60 Å². The lowest BCUT2D eigenvalue weighted by atomic mass is 10.0.